The summed E-state index contributed by atoms with van der Waals surface area (Å²) in [5.41, 5.74) is 1.05. The number of carbonyl (C=O) groups is 1. The van der Waals surface area contributed by atoms with Crippen molar-refractivity contribution in [2.45, 2.75) is 39.2 Å². The third-order valence-corrected chi connectivity index (χ3v) is 2.96. The van der Waals surface area contributed by atoms with Gasteiger partial charge in [0.1, 0.15) is 5.75 Å². The largest absolute Gasteiger partial charge is 0.494 e. The quantitative estimate of drug-likeness (QED) is 0.556. The second-order valence-corrected chi connectivity index (χ2v) is 4.80. The molecular formula is C15H22ClNO2. The predicted molar refractivity (Wildman–Crippen MR) is 78.6 cm³/mol. The van der Waals surface area contributed by atoms with Gasteiger partial charge < -0.3 is 10.1 Å². The molecule has 0 atom stereocenters. The molecule has 0 bridgehead atoms. The number of hydrogen-bond donors (Lipinski definition) is 1. The molecule has 1 aromatic rings. The van der Waals surface area contributed by atoms with Crippen LogP contribution in [0.4, 0.5) is 0 Å². The van der Waals surface area contributed by atoms with Gasteiger partial charge in [0.25, 0.3) is 0 Å². The number of halogens is 1. The molecule has 0 aromatic heterocycles. The van der Waals surface area contributed by atoms with Gasteiger partial charge in [0.05, 0.1) is 6.61 Å². The van der Waals surface area contributed by atoms with E-state index in [1.54, 1.807) is 0 Å². The molecule has 0 aliphatic carbocycles. The van der Waals surface area contributed by atoms with E-state index in [2.05, 4.69) is 12.2 Å². The first-order valence-corrected chi connectivity index (χ1v) is 7.34. The summed E-state index contributed by atoms with van der Waals surface area (Å²) in [6.45, 7) is 3.41. The van der Waals surface area contributed by atoms with Crippen molar-refractivity contribution >= 4 is 17.5 Å². The minimum Gasteiger partial charge on any atom is -0.494 e. The Morgan fingerprint density at radius 2 is 2.21 bits per heavy atom. The van der Waals surface area contributed by atoms with E-state index < -0.39 is 0 Å². The van der Waals surface area contributed by atoms with Gasteiger partial charge in [-0.1, -0.05) is 25.5 Å². The second-order valence-electron chi connectivity index (χ2n) is 4.42. The molecule has 0 aliphatic rings. The summed E-state index contributed by atoms with van der Waals surface area (Å²) in [6.07, 6.45) is 3.37. The topological polar surface area (TPSA) is 38.3 Å². The van der Waals surface area contributed by atoms with E-state index in [0.29, 0.717) is 25.3 Å². The predicted octanol–water partition coefficient (Wildman–Crippen LogP) is 3.50. The lowest BCUT2D eigenvalue weighted by molar-refractivity contribution is -0.121. The van der Waals surface area contributed by atoms with Crippen LogP contribution in [-0.2, 0) is 11.3 Å². The van der Waals surface area contributed by atoms with Crippen molar-refractivity contribution in [1.29, 1.82) is 0 Å². The summed E-state index contributed by atoms with van der Waals surface area (Å²) in [5.74, 6) is 1.42. The van der Waals surface area contributed by atoms with Crippen molar-refractivity contribution < 1.29 is 9.53 Å². The van der Waals surface area contributed by atoms with Gasteiger partial charge in [0, 0.05) is 18.8 Å². The molecular weight excluding hydrogens is 262 g/mol. The minimum absolute atomic E-state index is 0.0398. The van der Waals surface area contributed by atoms with Crippen molar-refractivity contribution in [2.75, 3.05) is 12.5 Å². The number of nitrogens with one attached hydrogen (secondary N) is 1. The van der Waals surface area contributed by atoms with E-state index in [0.717, 1.165) is 30.8 Å². The Hall–Kier alpha value is -1.22. The van der Waals surface area contributed by atoms with Crippen LogP contribution in [0.25, 0.3) is 0 Å². The van der Waals surface area contributed by atoms with Gasteiger partial charge in [-0.2, -0.15) is 0 Å². The first-order valence-electron chi connectivity index (χ1n) is 6.80. The molecule has 4 heteroatoms. The van der Waals surface area contributed by atoms with Crippen molar-refractivity contribution in [2.24, 2.45) is 0 Å². The summed E-state index contributed by atoms with van der Waals surface area (Å²) in [4.78, 5) is 11.5. The van der Waals surface area contributed by atoms with Gasteiger partial charge >= 0.3 is 0 Å². The first kappa shape index (κ1) is 15.8. The van der Waals surface area contributed by atoms with E-state index in [-0.39, 0.29) is 5.91 Å². The molecule has 0 saturated heterocycles. The van der Waals surface area contributed by atoms with E-state index in [1.165, 1.54) is 0 Å². The van der Waals surface area contributed by atoms with Crippen LogP contribution in [0.15, 0.2) is 24.3 Å². The van der Waals surface area contributed by atoms with E-state index in [9.17, 15) is 4.79 Å². The van der Waals surface area contributed by atoms with Gasteiger partial charge in [0.2, 0.25) is 5.91 Å². The lowest BCUT2D eigenvalue weighted by Crippen LogP contribution is -2.22. The Kier molecular flexibility index (Phi) is 8.07. The summed E-state index contributed by atoms with van der Waals surface area (Å²) >= 11 is 5.55. The van der Waals surface area contributed by atoms with Gasteiger partial charge in [-0.25, -0.2) is 0 Å². The first-order chi connectivity index (χ1) is 9.26. The molecule has 0 unspecified atom stereocenters. The number of carbonyl (C=O) groups excluding carboxylic acids is 1. The standard InChI is InChI=1S/C15H22ClNO2/c1-2-3-10-19-14-7-4-6-13(11-14)12-17-15(18)8-5-9-16/h4,6-7,11H,2-3,5,8-10,12H2,1H3,(H,17,18). The highest BCUT2D eigenvalue weighted by molar-refractivity contribution is 6.17. The van der Waals surface area contributed by atoms with Crippen molar-refractivity contribution in [3.05, 3.63) is 29.8 Å². The Morgan fingerprint density at radius 1 is 1.37 bits per heavy atom. The van der Waals surface area contributed by atoms with Crippen LogP contribution in [0.2, 0.25) is 0 Å². The molecule has 1 amide bonds. The van der Waals surface area contributed by atoms with Crippen LogP contribution >= 0.6 is 11.6 Å². The zero-order chi connectivity index (χ0) is 13.9. The van der Waals surface area contributed by atoms with Crippen molar-refractivity contribution in [1.82, 2.24) is 5.32 Å². The fourth-order valence-electron chi connectivity index (χ4n) is 1.60. The fourth-order valence-corrected chi connectivity index (χ4v) is 1.73. The average Bonchev–Trinajstić information content (AvgIpc) is 2.44. The number of amides is 1. The van der Waals surface area contributed by atoms with Crippen LogP contribution in [-0.4, -0.2) is 18.4 Å². The molecule has 0 spiro atoms. The van der Waals surface area contributed by atoms with E-state index in [4.69, 9.17) is 16.3 Å². The summed E-state index contributed by atoms with van der Waals surface area (Å²) in [5, 5.41) is 2.88. The van der Waals surface area contributed by atoms with Gasteiger partial charge in [-0.3, -0.25) is 4.79 Å². The monoisotopic (exact) mass is 283 g/mol. The Morgan fingerprint density at radius 3 is 2.95 bits per heavy atom. The third-order valence-electron chi connectivity index (χ3n) is 2.69. The number of alkyl halides is 1. The van der Waals surface area contributed by atoms with Crippen LogP contribution in [0.1, 0.15) is 38.2 Å². The lowest BCUT2D eigenvalue weighted by atomic mass is 10.2. The Bertz CT molecular complexity index is 382. The maximum Gasteiger partial charge on any atom is 0.220 e. The highest BCUT2D eigenvalue weighted by Gasteiger charge is 2.02. The SMILES string of the molecule is CCCCOc1cccc(CNC(=O)CCCCl)c1. The van der Waals surface area contributed by atoms with Crippen molar-refractivity contribution in [3.63, 3.8) is 0 Å². The van der Waals surface area contributed by atoms with Crippen molar-refractivity contribution in [3.8, 4) is 5.75 Å². The van der Waals surface area contributed by atoms with Crippen LogP contribution in [0.5, 0.6) is 5.75 Å². The molecule has 0 heterocycles. The third kappa shape index (κ3) is 7.06. The lowest BCUT2D eigenvalue weighted by Gasteiger charge is -2.08. The molecule has 1 N–H and O–H groups in total. The molecule has 1 rings (SSSR count). The molecule has 0 fully saturated rings. The maximum absolute atomic E-state index is 11.5. The van der Waals surface area contributed by atoms with Gasteiger partial charge in [-0.05, 0) is 30.5 Å². The summed E-state index contributed by atoms with van der Waals surface area (Å²) < 4.78 is 5.63. The number of rotatable bonds is 9. The summed E-state index contributed by atoms with van der Waals surface area (Å²) in [6, 6.07) is 7.84. The molecule has 19 heavy (non-hydrogen) atoms. The Labute approximate surface area is 120 Å². The zero-order valence-corrected chi connectivity index (χ0v) is 12.2. The van der Waals surface area contributed by atoms with Gasteiger partial charge in [-0.15, -0.1) is 11.6 Å². The fraction of sp³-hybridized carbons (Fsp3) is 0.533. The maximum atomic E-state index is 11.5. The Balaban J connectivity index is 2.37. The average molecular weight is 284 g/mol. The molecule has 0 aliphatic heterocycles. The van der Waals surface area contributed by atoms with Crippen LogP contribution in [0, 0.1) is 0 Å². The zero-order valence-electron chi connectivity index (χ0n) is 11.5. The number of unbranched alkanes of at least 4 members (excludes halogenated alkanes) is 1. The summed E-state index contributed by atoms with van der Waals surface area (Å²) in [7, 11) is 0. The molecule has 106 valence electrons. The van der Waals surface area contributed by atoms with Crippen LogP contribution < -0.4 is 10.1 Å². The van der Waals surface area contributed by atoms with Crippen LogP contribution in [0.3, 0.4) is 0 Å². The second kappa shape index (κ2) is 9.68. The molecule has 0 radical (unpaired) electrons. The van der Waals surface area contributed by atoms with E-state index >= 15 is 0 Å². The highest BCUT2D eigenvalue weighted by Crippen LogP contribution is 2.13. The van der Waals surface area contributed by atoms with Gasteiger partial charge in [0.15, 0.2) is 0 Å². The normalized spacial score (nSPS) is 10.2. The molecule has 0 saturated carbocycles. The smallest absolute Gasteiger partial charge is 0.220 e. The number of hydrogen-bond acceptors (Lipinski definition) is 2. The number of benzene rings is 1. The molecule has 3 nitrogen and oxygen atoms in total. The van der Waals surface area contributed by atoms with E-state index in [1.807, 2.05) is 24.3 Å². The minimum atomic E-state index is 0.0398. The number of ether oxygens (including phenoxy) is 1. The highest BCUT2D eigenvalue weighted by atomic mass is 35.5. The molecule has 1 aromatic carbocycles.